The van der Waals surface area contributed by atoms with Gasteiger partial charge in [-0.3, -0.25) is 9.82 Å². The van der Waals surface area contributed by atoms with Crippen LogP contribution < -0.4 is 4.72 Å². The van der Waals surface area contributed by atoms with Crippen LogP contribution >= 0.6 is 15.9 Å². The molecule has 0 fully saturated rings. The molecule has 20 heavy (non-hydrogen) atoms. The molecule has 1 aromatic carbocycles. The van der Waals surface area contributed by atoms with Gasteiger partial charge in [0, 0.05) is 12.4 Å². The quantitative estimate of drug-likeness (QED) is 0.734. The summed E-state index contributed by atoms with van der Waals surface area (Å²) < 4.78 is 28.4. The zero-order valence-corrected chi connectivity index (χ0v) is 12.6. The molecule has 0 spiro atoms. The zero-order valence-electron chi connectivity index (χ0n) is 10.2. The molecule has 0 aliphatic heterocycles. The number of H-pyrrole nitrogens is 1. The van der Waals surface area contributed by atoms with E-state index in [9.17, 15) is 8.42 Å². The number of benzene rings is 1. The molecule has 0 aliphatic carbocycles. The maximum atomic E-state index is 12.4. The number of halogens is 1. The average molecular weight is 357 g/mol. The van der Waals surface area contributed by atoms with Crippen molar-refractivity contribution in [1.29, 1.82) is 0 Å². The molecule has 0 bridgehead atoms. The molecule has 2 aromatic heterocycles. The molecule has 10 heteroatoms. The van der Waals surface area contributed by atoms with Gasteiger partial charge in [-0.15, -0.1) is 5.10 Å². The van der Waals surface area contributed by atoms with Gasteiger partial charge in [-0.1, -0.05) is 17.3 Å². The lowest BCUT2D eigenvalue weighted by atomic mass is 10.2. The van der Waals surface area contributed by atoms with Gasteiger partial charge < -0.3 is 0 Å². The number of anilines is 1. The van der Waals surface area contributed by atoms with Crippen LogP contribution in [0.4, 0.5) is 5.82 Å². The van der Waals surface area contributed by atoms with Gasteiger partial charge in [0.05, 0.1) is 5.52 Å². The number of aromatic nitrogens is 5. The summed E-state index contributed by atoms with van der Waals surface area (Å²) in [5.74, 6) is 0.230. The molecule has 8 nitrogen and oxygen atoms in total. The number of fused-ring (bicyclic) bond motifs is 1. The molecule has 2 heterocycles. The highest BCUT2D eigenvalue weighted by Crippen LogP contribution is 2.24. The summed E-state index contributed by atoms with van der Waals surface area (Å²) in [6, 6.07) is 7.21. The van der Waals surface area contributed by atoms with E-state index in [2.05, 4.69) is 41.2 Å². The lowest BCUT2D eigenvalue weighted by molar-refractivity contribution is 0.578. The standard InChI is InChI=1S/C10H9BrN6O2S/c1-17-10(8(11)13-16-17)20(18,19)15-9-6-4-2-3-5-7(6)12-14-9/h2-5H,1H3,(H2,12,14,15). The first-order valence-electron chi connectivity index (χ1n) is 5.50. The van der Waals surface area contributed by atoms with Crippen molar-refractivity contribution < 1.29 is 8.42 Å². The van der Waals surface area contributed by atoms with Crippen molar-refractivity contribution in [2.45, 2.75) is 5.03 Å². The predicted molar refractivity (Wildman–Crippen MR) is 75.6 cm³/mol. The minimum absolute atomic E-state index is 0.0652. The van der Waals surface area contributed by atoms with Crippen molar-refractivity contribution >= 4 is 42.7 Å². The Bertz CT molecular complexity index is 865. The molecule has 0 aliphatic rings. The van der Waals surface area contributed by atoms with Crippen molar-refractivity contribution in [3.8, 4) is 0 Å². The van der Waals surface area contributed by atoms with E-state index in [4.69, 9.17) is 0 Å². The molecule has 2 N–H and O–H groups in total. The zero-order chi connectivity index (χ0) is 14.3. The van der Waals surface area contributed by atoms with Gasteiger partial charge in [0.2, 0.25) is 5.03 Å². The van der Waals surface area contributed by atoms with Gasteiger partial charge in [0.15, 0.2) is 10.4 Å². The molecule has 3 aromatic rings. The third-order valence-electron chi connectivity index (χ3n) is 2.69. The average Bonchev–Trinajstić information content (AvgIpc) is 2.94. The highest BCUT2D eigenvalue weighted by molar-refractivity contribution is 9.10. The molecule has 0 saturated carbocycles. The molecule has 3 rings (SSSR count). The first kappa shape index (κ1) is 13.1. The van der Waals surface area contributed by atoms with Gasteiger partial charge in [-0.25, -0.2) is 4.68 Å². The number of sulfonamides is 1. The molecule has 0 radical (unpaired) electrons. The molecule has 0 atom stereocenters. The van der Waals surface area contributed by atoms with Crippen LogP contribution in [-0.2, 0) is 17.1 Å². The van der Waals surface area contributed by atoms with E-state index in [0.29, 0.717) is 5.39 Å². The van der Waals surface area contributed by atoms with Gasteiger partial charge in [-0.05, 0) is 28.1 Å². The Morgan fingerprint density at radius 2 is 2.10 bits per heavy atom. The van der Waals surface area contributed by atoms with Crippen LogP contribution in [-0.4, -0.2) is 33.6 Å². The Balaban J connectivity index is 2.06. The number of para-hydroxylation sites is 1. The number of aromatic amines is 1. The smallest absolute Gasteiger partial charge is 0.276 e. The summed E-state index contributed by atoms with van der Waals surface area (Å²) in [4.78, 5) is 0. The number of nitrogens with one attached hydrogen (secondary N) is 2. The van der Waals surface area contributed by atoms with Crippen molar-refractivity contribution in [2.24, 2.45) is 7.05 Å². The van der Waals surface area contributed by atoms with Crippen LogP contribution in [0.2, 0.25) is 0 Å². The molecular formula is C10H9BrN6O2S. The van der Waals surface area contributed by atoms with Crippen LogP contribution in [0.5, 0.6) is 0 Å². The van der Waals surface area contributed by atoms with Crippen LogP contribution in [0, 0.1) is 0 Å². The summed E-state index contributed by atoms with van der Waals surface area (Å²) in [6.45, 7) is 0. The van der Waals surface area contributed by atoms with Gasteiger partial charge in [0.25, 0.3) is 10.0 Å². The highest BCUT2D eigenvalue weighted by Gasteiger charge is 2.25. The number of hydrogen-bond acceptors (Lipinski definition) is 5. The minimum Gasteiger partial charge on any atom is -0.276 e. The Morgan fingerprint density at radius 1 is 1.35 bits per heavy atom. The van der Waals surface area contributed by atoms with Crippen LogP contribution in [0.3, 0.4) is 0 Å². The van der Waals surface area contributed by atoms with E-state index in [-0.39, 0.29) is 15.4 Å². The summed E-state index contributed by atoms with van der Waals surface area (Å²) >= 11 is 3.06. The third kappa shape index (κ3) is 2.06. The number of nitrogens with zero attached hydrogens (tertiary/aromatic N) is 4. The SMILES string of the molecule is Cn1nnc(Br)c1S(=O)(=O)Nc1n[nH]c2ccccc12. The second-order valence-electron chi connectivity index (χ2n) is 4.03. The summed E-state index contributed by atoms with van der Waals surface area (Å²) in [7, 11) is -2.34. The normalized spacial score (nSPS) is 11.9. The Morgan fingerprint density at radius 3 is 2.80 bits per heavy atom. The first-order valence-corrected chi connectivity index (χ1v) is 7.78. The second kappa shape index (κ2) is 4.56. The van der Waals surface area contributed by atoms with Gasteiger partial charge in [-0.2, -0.15) is 13.5 Å². The Kier molecular flexibility index (Phi) is 2.98. The summed E-state index contributed by atoms with van der Waals surface area (Å²) in [5, 5.41) is 14.6. The highest BCUT2D eigenvalue weighted by atomic mass is 79.9. The fraction of sp³-hybridized carbons (Fsp3) is 0.100. The fourth-order valence-electron chi connectivity index (χ4n) is 1.82. The van der Waals surface area contributed by atoms with E-state index >= 15 is 0 Å². The Hall–Kier alpha value is -1.94. The third-order valence-corrected chi connectivity index (χ3v) is 4.92. The number of aryl methyl sites for hydroxylation is 1. The largest absolute Gasteiger partial charge is 0.283 e. The van der Waals surface area contributed by atoms with E-state index in [1.165, 1.54) is 11.7 Å². The molecule has 104 valence electrons. The monoisotopic (exact) mass is 356 g/mol. The molecule has 0 amide bonds. The van der Waals surface area contributed by atoms with E-state index in [1.54, 1.807) is 12.1 Å². The summed E-state index contributed by atoms with van der Waals surface area (Å²) in [6.07, 6.45) is 0. The van der Waals surface area contributed by atoms with Crippen molar-refractivity contribution in [1.82, 2.24) is 25.2 Å². The maximum Gasteiger partial charge on any atom is 0.283 e. The topological polar surface area (TPSA) is 106 Å². The molecule has 0 unspecified atom stereocenters. The first-order chi connectivity index (χ1) is 9.49. The van der Waals surface area contributed by atoms with Crippen LogP contribution in [0.15, 0.2) is 33.9 Å². The van der Waals surface area contributed by atoms with Crippen molar-refractivity contribution in [3.05, 3.63) is 28.9 Å². The van der Waals surface area contributed by atoms with Crippen molar-refractivity contribution in [2.75, 3.05) is 4.72 Å². The van der Waals surface area contributed by atoms with E-state index < -0.39 is 10.0 Å². The van der Waals surface area contributed by atoms with Gasteiger partial charge >= 0.3 is 0 Å². The molecular weight excluding hydrogens is 348 g/mol. The van der Waals surface area contributed by atoms with Crippen LogP contribution in [0.25, 0.3) is 10.9 Å². The van der Waals surface area contributed by atoms with Crippen LogP contribution in [0.1, 0.15) is 0 Å². The Labute approximate surface area is 122 Å². The maximum absolute atomic E-state index is 12.4. The second-order valence-corrected chi connectivity index (χ2v) is 6.38. The predicted octanol–water partition coefficient (Wildman–Crippen LogP) is 1.25. The lowest BCUT2D eigenvalue weighted by Gasteiger charge is -2.05. The fourth-order valence-corrected chi connectivity index (χ4v) is 3.95. The van der Waals surface area contributed by atoms with Crippen molar-refractivity contribution in [3.63, 3.8) is 0 Å². The molecule has 0 saturated heterocycles. The van der Waals surface area contributed by atoms with Gasteiger partial charge in [0.1, 0.15) is 0 Å². The lowest BCUT2D eigenvalue weighted by Crippen LogP contribution is -2.17. The number of rotatable bonds is 3. The summed E-state index contributed by atoms with van der Waals surface area (Å²) in [5.41, 5.74) is 0.743. The van der Waals surface area contributed by atoms with E-state index in [0.717, 1.165) is 5.52 Å². The van der Waals surface area contributed by atoms with E-state index in [1.807, 2.05) is 12.1 Å². The number of hydrogen-bond donors (Lipinski definition) is 2. The minimum atomic E-state index is -3.83.